The third-order valence-corrected chi connectivity index (χ3v) is 3.44. The fourth-order valence-corrected chi connectivity index (χ4v) is 1.75. The maximum absolute atomic E-state index is 13.3. The van der Waals surface area contributed by atoms with Crippen LogP contribution < -0.4 is 0 Å². The normalized spacial score (nSPS) is 15.5. The van der Waals surface area contributed by atoms with Gasteiger partial charge in [0, 0.05) is 6.42 Å². The molecule has 0 N–H and O–H groups in total. The molecular formula is C12H7F17. The topological polar surface area (TPSA) is 0 Å². The number of alkyl halides is 14. The Morgan fingerprint density at radius 2 is 0.828 bits per heavy atom. The average molecular weight is 474 g/mol. The highest BCUT2D eigenvalue weighted by Gasteiger charge is 2.93. The van der Waals surface area contributed by atoms with Crippen LogP contribution in [0, 0.1) is 0 Å². The minimum atomic E-state index is -8.44. The standard InChI is InChI=1S/C12H7F17/c1-2-3-6(16,17)8(20,21)10(24,25)12(28,29)11(26,27)9(22,23)7(18,19)4(13)5(14)15/h2-3H2,1H3. The van der Waals surface area contributed by atoms with Gasteiger partial charge < -0.3 is 0 Å². The van der Waals surface area contributed by atoms with E-state index in [1.807, 2.05) is 0 Å². The third kappa shape index (κ3) is 3.61. The lowest BCUT2D eigenvalue weighted by Gasteiger charge is -2.42. The summed E-state index contributed by atoms with van der Waals surface area (Å²) < 4.78 is 220. The maximum Gasteiger partial charge on any atom is 0.385 e. The van der Waals surface area contributed by atoms with Crippen LogP contribution in [-0.2, 0) is 0 Å². The molecule has 0 radical (unpaired) electrons. The molecule has 0 spiro atoms. The molecule has 174 valence electrons. The molecule has 0 fully saturated rings. The van der Waals surface area contributed by atoms with E-state index in [0.29, 0.717) is 6.92 Å². The van der Waals surface area contributed by atoms with Crippen molar-refractivity contribution < 1.29 is 74.6 Å². The lowest BCUT2D eigenvalue weighted by atomic mass is 9.88. The summed E-state index contributed by atoms with van der Waals surface area (Å²) in [5, 5.41) is 0. The zero-order chi connectivity index (χ0) is 24.1. The van der Waals surface area contributed by atoms with Crippen molar-refractivity contribution in [3.63, 3.8) is 0 Å². The van der Waals surface area contributed by atoms with E-state index in [-0.39, 0.29) is 0 Å². The Morgan fingerprint density at radius 1 is 0.517 bits per heavy atom. The summed E-state index contributed by atoms with van der Waals surface area (Å²) >= 11 is 0. The second kappa shape index (κ2) is 7.35. The molecule has 17 heteroatoms. The Bertz CT molecular complexity index is 624. The fourth-order valence-electron chi connectivity index (χ4n) is 1.75. The monoisotopic (exact) mass is 474 g/mol. The average Bonchev–Trinajstić information content (AvgIpc) is 2.52. The summed E-state index contributed by atoms with van der Waals surface area (Å²) in [4.78, 5) is 0. The van der Waals surface area contributed by atoms with Gasteiger partial charge >= 0.3 is 47.5 Å². The molecule has 0 aromatic rings. The molecule has 0 bridgehead atoms. The molecule has 0 aliphatic carbocycles. The van der Waals surface area contributed by atoms with Crippen molar-refractivity contribution in [1.82, 2.24) is 0 Å². The van der Waals surface area contributed by atoms with Crippen LogP contribution >= 0.6 is 0 Å². The van der Waals surface area contributed by atoms with Gasteiger partial charge in [-0.25, -0.2) is 0 Å². The zero-order valence-electron chi connectivity index (χ0n) is 13.3. The first-order valence-corrected chi connectivity index (χ1v) is 6.77. The van der Waals surface area contributed by atoms with Crippen LogP contribution in [-0.4, -0.2) is 41.5 Å². The molecule has 0 heterocycles. The predicted molar refractivity (Wildman–Crippen MR) is 59.9 cm³/mol. The Hall–Kier alpha value is -1.45. The van der Waals surface area contributed by atoms with Crippen molar-refractivity contribution in [2.75, 3.05) is 0 Å². The Kier molecular flexibility index (Phi) is 6.99. The second-order valence-corrected chi connectivity index (χ2v) is 5.48. The summed E-state index contributed by atoms with van der Waals surface area (Å²) in [7, 11) is 0. The lowest BCUT2D eigenvalue weighted by molar-refractivity contribution is -0.439. The molecule has 0 aromatic heterocycles. The highest BCUT2D eigenvalue weighted by molar-refractivity contribution is 5.20. The van der Waals surface area contributed by atoms with Gasteiger partial charge in [0.15, 0.2) is 0 Å². The zero-order valence-corrected chi connectivity index (χ0v) is 13.3. The van der Waals surface area contributed by atoms with Gasteiger partial charge in [-0.15, -0.1) is 0 Å². The molecule has 29 heavy (non-hydrogen) atoms. The van der Waals surface area contributed by atoms with Gasteiger partial charge in [-0.05, 0) is 0 Å². The van der Waals surface area contributed by atoms with E-state index in [1.54, 1.807) is 0 Å². The number of hydrogen-bond acceptors (Lipinski definition) is 0. The smallest absolute Gasteiger partial charge is 0.200 e. The van der Waals surface area contributed by atoms with Crippen LogP contribution in [0.5, 0.6) is 0 Å². The molecule has 0 saturated heterocycles. The van der Waals surface area contributed by atoms with E-state index < -0.39 is 66.2 Å². The van der Waals surface area contributed by atoms with Crippen LogP contribution in [0.15, 0.2) is 11.9 Å². The first-order valence-electron chi connectivity index (χ1n) is 6.77. The van der Waals surface area contributed by atoms with Gasteiger partial charge in [0.1, 0.15) is 0 Å². The van der Waals surface area contributed by atoms with E-state index in [9.17, 15) is 74.6 Å². The summed E-state index contributed by atoms with van der Waals surface area (Å²) in [6.45, 7) is 0.601. The summed E-state index contributed by atoms with van der Waals surface area (Å²) in [6.07, 6.45) is -7.99. The number of allylic oxidation sites excluding steroid dienone is 1. The molecule has 0 aromatic carbocycles. The van der Waals surface area contributed by atoms with Crippen LogP contribution in [0.3, 0.4) is 0 Å². The van der Waals surface area contributed by atoms with Crippen molar-refractivity contribution in [2.45, 2.75) is 61.2 Å². The first kappa shape index (κ1) is 27.5. The Morgan fingerprint density at radius 3 is 1.14 bits per heavy atom. The van der Waals surface area contributed by atoms with E-state index in [4.69, 9.17) is 0 Å². The van der Waals surface area contributed by atoms with Crippen LogP contribution in [0.2, 0.25) is 0 Å². The Labute approximate surface area is 149 Å². The maximum atomic E-state index is 13.3. The Balaban J connectivity index is 6.72. The fraction of sp³-hybridized carbons (Fsp3) is 0.833. The van der Waals surface area contributed by atoms with Crippen molar-refractivity contribution >= 4 is 0 Å². The quantitative estimate of drug-likeness (QED) is 0.308. The van der Waals surface area contributed by atoms with Crippen molar-refractivity contribution in [2.24, 2.45) is 0 Å². The molecule has 0 amide bonds. The largest absolute Gasteiger partial charge is 0.385 e. The molecule has 0 unspecified atom stereocenters. The summed E-state index contributed by atoms with van der Waals surface area (Å²) in [5.74, 6) is -59.4. The van der Waals surface area contributed by atoms with Crippen molar-refractivity contribution in [3.8, 4) is 0 Å². The van der Waals surface area contributed by atoms with Crippen LogP contribution in [0.4, 0.5) is 74.6 Å². The number of halogens is 17. The minimum absolute atomic E-state index is 0.601. The number of rotatable bonds is 9. The summed E-state index contributed by atoms with van der Waals surface area (Å²) in [6, 6.07) is 0. The highest BCUT2D eigenvalue weighted by atomic mass is 19.4. The van der Waals surface area contributed by atoms with Crippen LogP contribution in [0.1, 0.15) is 19.8 Å². The molecule has 0 rings (SSSR count). The molecule has 0 saturated carbocycles. The minimum Gasteiger partial charge on any atom is -0.200 e. The molecule has 0 atom stereocenters. The molecule has 0 aliphatic heterocycles. The third-order valence-electron chi connectivity index (χ3n) is 3.44. The molecule has 0 aliphatic rings. The van der Waals surface area contributed by atoms with Gasteiger partial charge in [-0.1, -0.05) is 13.3 Å². The van der Waals surface area contributed by atoms with Crippen molar-refractivity contribution in [1.29, 1.82) is 0 Å². The van der Waals surface area contributed by atoms with Gasteiger partial charge in [-0.2, -0.15) is 74.6 Å². The number of hydrogen-bond donors (Lipinski definition) is 0. The second-order valence-electron chi connectivity index (χ2n) is 5.48. The SMILES string of the molecule is CCCC(F)(F)C(F)(F)C(F)(F)C(F)(F)C(F)(F)C(F)(F)C(F)(F)C(F)=C(F)F. The van der Waals surface area contributed by atoms with Gasteiger partial charge in [0.05, 0.1) is 0 Å². The van der Waals surface area contributed by atoms with Crippen molar-refractivity contribution in [3.05, 3.63) is 11.9 Å². The van der Waals surface area contributed by atoms with E-state index in [1.165, 1.54) is 0 Å². The first-order chi connectivity index (χ1) is 12.4. The van der Waals surface area contributed by atoms with E-state index in [0.717, 1.165) is 0 Å². The van der Waals surface area contributed by atoms with E-state index in [2.05, 4.69) is 0 Å². The van der Waals surface area contributed by atoms with Gasteiger partial charge in [0.2, 0.25) is 5.83 Å². The van der Waals surface area contributed by atoms with Crippen LogP contribution in [0.25, 0.3) is 0 Å². The highest BCUT2D eigenvalue weighted by Crippen LogP contribution is 2.63. The lowest BCUT2D eigenvalue weighted by Crippen LogP contribution is -2.73. The predicted octanol–water partition coefficient (Wildman–Crippen LogP) is 7.31. The molecular weight excluding hydrogens is 467 g/mol. The summed E-state index contributed by atoms with van der Waals surface area (Å²) in [5.41, 5.74) is 0. The van der Waals surface area contributed by atoms with Gasteiger partial charge in [-0.3, -0.25) is 0 Å². The van der Waals surface area contributed by atoms with E-state index >= 15 is 0 Å². The van der Waals surface area contributed by atoms with Gasteiger partial charge in [0.25, 0.3) is 0 Å². The molecule has 0 nitrogen and oxygen atoms in total.